The third-order valence-electron chi connectivity index (χ3n) is 5.26. The summed E-state index contributed by atoms with van der Waals surface area (Å²) in [4.78, 5) is 8.93. The second-order valence-electron chi connectivity index (χ2n) is 7.16. The lowest BCUT2D eigenvalue weighted by Crippen LogP contribution is -2.47. The van der Waals surface area contributed by atoms with Gasteiger partial charge in [0.1, 0.15) is 5.82 Å². The van der Waals surface area contributed by atoms with Gasteiger partial charge in [0.25, 0.3) is 0 Å². The van der Waals surface area contributed by atoms with Crippen molar-refractivity contribution in [1.29, 1.82) is 10.8 Å². The lowest BCUT2D eigenvalue weighted by Gasteiger charge is -2.35. The second kappa shape index (κ2) is 10.00. The van der Waals surface area contributed by atoms with Gasteiger partial charge in [0.05, 0.1) is 12.3 Å². The maximum absolute atomic E-state index is 9.11. The molecule has 1 aliphatic heterocycles. The number of aliphatic hydroxyl groups excluding tert-OH is 1. The van der Waals surface area contributed by atoms with Gasteiger partial charge in [-0.2, -0.15) is 0 Å². The molecule has 0 saturated carbocycles. The number of allylic oxidation sites excluding steroid dienone is 1. The standard InChI is InChI=1S/C22H29N7O/c1-26-15-18(14-23)16-2-3-20(24)19(12-16)22(25)17-4-5-27-21(13-17)29-8-6-28(7-9-29)10-11-30/h2-5,12-15,23,25-26,30H,6-11,24H2,1H3/b18-15+,23-14?,25-22?. The van der Waals surface area contributed by atoms with Crippen LogP contribution in [-0.2, 0) is 0 Å². The van der Waals surface area contributed by atoms with E-state index in [0.29, 0.717) is 29.1 Å². The third-order valence-corrected chi connectivity index (χ3v) is 5.26. The number of piperazine rings is 1. The molecule has 1 aromatic carbocycles. The van der Waals surface area contributed by atoms with Crippen LogP contribution in [0.1, 0.15) is 16.7 Å². The molecule has 2 aromatic rings. The second-order valence-corrected chi connectivity index (χ2v) is 7.16. The molecule has 3 rings (SSSR count). The highest BCUT2D eigenvalue weighted by Crippen LogP contribution is 2.24. The zero-order valence-corrected chi connectivity index (χ0v) is 17.2. The first-order valence-corrected chi connectivity index (χ1v) is 9.98. The summed E-state index contributed by atoms with van der Waals surface area (Å²) in [6.45, 7) is 4.29. The van der Waals surface area contributed by atoms with Crippen LogP contribution in [0.2, 0.25) is 0 Å². The first kappa shape index (κ1) is 21.5. The molecule has 1 aromatic heterocycles. The molecule has 8 heteroatoms. The summed E-state index contributed by atoms with van der Waals surface area (Å²) in [7, 11) is 1.78. The van der Waals surface area contributed by atoms with Crippen molar-refractivity contribution >= 4 is 29.0 Å². The van der Waals surface area contributed by atoms with Crippen molar-refractivity contribution in [3.63, 3.8) is 0 Å². The number of nitrogen functional groups attached to an aromatic ring is 1. The average molecular weight is 408 g/mol. The number of aromatic nitrogens is 1. The van der Waals surface area contributed by atoms with E-state index in [1.807, 2.05) is 24.3 Å². The number of aliphatic hydroxyl groups is 1. The number of hydrogen-bond donors (Lipinski definition) is 5. The molecule has 30 heavy (non-hydrogen) atoms. The molecule has 0 unspecified atom stereocenters. The number of benzene rings is 1. The molecule has 1 fully saturated rings. The van der Waals surface area contributed by atoms with Crippen LogP contribution in [0.5, 0.6) is 0 Å². The highest BCUT2D eigenvalue weighted by molar-refractivity contribution is 6.15. The summed E-state index contributed by atoms with van der Waals surface area (Å²) in [5, 5.41) is 28.4. The van der Waals surface area contributed by atoms with E-state index in [4.69, 9.17) is 21.7 Å². The Kier molecular flexibility index (Phi) is 7.16. The van der Waals surface area contributed by atoms with E-state index in [0.717, 1.165) is 43.1 Å². The van der Waals surface area contributed by atoms with Crippen molar-refractivity contribution in [3.8, 4) is 0 Å². The molecule has 6 N–H and O–H groups in total. The van der Waals surface area contributed by atoms with Crippen LogP contribution in [0.15, 0.2) is 42.7 Å². The van der Waals surface area contributed by atoms with E-state index < -0.39 is 0 Å². The Balaban J connectivity index is 1.84. The number of nitrogens with one attached hydrogen (secondary N) is 3. The van der Waals surface area contributed by atoms with Gasteiger partial charge in [-0.1, -0.05) is 6.07 Å². The predicted octanol–water partition coefficient (Wildman–Crippen LogP) is 1.40. The van der Waals surface area contributed by atoms with Gasteiger partial charge in [-0.25, -0.2) is 4.98 Å². The Bertz CT molecular complexity index is 933. The number of rotatable bonds is 8. The number of β-amino-alcohol motifs (C(OH)–C–C–N with tert-alkyl or cyclic N) is 1. The Morgan fingerprint density at radius 1 is 1.20 bits per heavy atom. The fraction of sp³-hybridized carbons (Fsp3) is 0.318. The molecule has 0 bridgehead atoms. The lowest BCUT2D eigenvalue weighted by atomic mass is 9.97. The van der Waals surface area contributed by atoms with Crippen LogP contribution < -0.4 is 16.0 Å². The monoisotopic (exact) mass is 407 g/mol. The zero-order valence-electron chi connectivity index (χ0n) is 17.2. The fourth-order valence-electron chi connectivity index (χ4n) is 3.56. The van der Waals surface area contributed by atoms with Crippen molar-refractivity contribution in [1.82, 2.24) is 15.2 Å². The Labute approximate surface area is 177 Å². The maximum atomic E-state index is 9.11. The summed E-state index contributed by atoms with van der Waals surface area (Å²) in [5.74, 6) is 0.839. The van der Waals surface area contributed by atoms with Crippen molar-refractivity contribution in [2.45, 2.75) is 0 Å². The molecule has 0 aliphatic carbocycles. The molecule has 0 radical (unpaired) electrons. The van der Waals surface area contributed by atoms with Crippen molar-refractivity contribution < 1.29 is 5.11 Å². The molecule has 1 aliphatic rings. The van der Waals surface area contributed by atoms with E-state index in [2.05, 4.69) is 20.1 Å². The summed E-state index contributed by atoms with van der Waals surface area (Å²) >= 11 is 0. The minimum Gasteiger partial charge on any atom is -0.398 e. The molecule has 0 amide bonds. The van der Waals surface area contributed by atoms with Crippen LogP contribution in [0.4, 0.5) is 11.5 Å². The largest absolute Gasteiger partial charge is 0.398 e. The number of nitrogens with two attached hydrogens (primary N) is 1. The van der Waals surface area contributed by atoms with Gasteiger partial charge in [-0.05, 0) is 29.8 Å². The highest BCUT2D eigenvalue weighted by Gasteiger charge is 2.19. The normalized spacial score (nSPS) is 15.1. The Morgan fingerprint density at radius 2 is 1.97 bits per heavy atom. The number of hydrogen-bond acceptors (Lipinski definition) is 8. The average Bonchev–Trinajstić information content (AvgIpc) is 2.78. The Morgan fingerprint density at radius 3 is 2.63 bits per heavy atom. The van der Waals surface area contributed by atoms with E-state index in [1.165, 1.54) is 6.21 Å². The van der Waals surface area contributed by atoms with Gasteiger partial charge in [0.15, 0.2) is 0 Å². The molecule has 2 heterocycles. The summed E-state index contributed by atoms with van der Waals surface area (Å²) in [5.41, 5.74) is 9.93. The van der Waals surface area contributed by atoms with Crippen molar-refractivity contribution in [3.05, 3.63) is 59.4 Å². The van der Waals surface area contributed by atoms with E-state index in [-0.39, 0.29) is 6.61 Å². The molecular formula is C22H29N7O. The molecule has 0 spiro atoms. The number of nitrogens with zero attached hydrogens (tertiary/aromatic N) is 3. The zero-order chi connectivity index (χ0) is 21.5. The quantitative estimate of drug-likeness (QED) is 0.333. The molecular weight excluding hydrogens is 378 g/mol. The predicted molar refractivity (Wildman–Crippen MR) is 123 cm³/mol. The van der Waals surface area contributed by atoms with Crippen LogP contribution in [0.25, 0.3) is 5.57 Å². The molecule has 0 atom stereocenters. The molecule has 1 saturated heterocycles. The smallest absolute Gasteiger partial charge is 0.129 e. The van der Waals surface area contributed by atoms with Gasteiger partial charge < -0.3 is 26.5 Å². The summed E-state index contributed by atoms with van der Waals surface area (Å²) < 4.78 is 0. The van der Waals surface area contributed by atoms with E-state index in [1.54, 1.807) is 25.5 Å². The highest BCUT2D eigenvalue weighted by atomic mass is 16.3. The van der Waals surface area contributed by atoms with Gasteiger partial charge in [-0.15, -0.1) is 0 Å². The van der Waals surface area contributed by atoms with Crippen LogP contribution >= 0.6 is 0 Å². The minimum absolute atomic E-state index is 0.175. The number of pyridine rings is 1. The summed E-state index contributed by atoms with van der Waals surface area (Å²) in [6, 6.07) is 9.22. The van der Waals surface area contributed by atoms with E-state index in [9.17, 15) is 0 Å². The van der Waals surface area contributed by atoms with Gasteiger partial charge in [0.2, 0.25) is 0 Å². The first-order valence-electron chi connectivity index (χ1n) is 9.98. The van der Waals surface area contributed by atoms with Gasteiger partial charge in [0, 0.05) is 80.8 Å². The lowest BCUT2D eigenvalue weighted by molar-refractivity contribution is 0.188. The van der Waals surface area contributed by atoms with Crippen LogP contribution in [0, 0.1) is 10.8 Å². The Hall–Kier alpha value is -3.23. The number of anilines is 2. The molecule has 158 valence electrons. The van der Waals surface area contributed by atoms with Crippen molar-refractivity contribution in [2.75, 3.05) is 57.0 Å². The topological polar surface area (TPSA) is 125 Å². The van der Waals surface area contributed by atoms with E-state index >= 15 is 0 Å². The first-order chi connectivity index (χ1) is 14.6. The minimum atomic E-state index is 0.175. The fourth-order valence-corrected chi connectivity index (χ4v) is 3.56. The van der Waals surface area contributed by atoms with Crippen LogP contribution in [-0.4, -0.2) is 73.3 Å². The van der Waals surface area contributed by atoms with Gasteiger partial charge in [-0.3, -0.25) is 10.3 Å². The van der Waals surface area contributed by atoms with Gasteiger partial charge >= 0.3 is 0 Å². The van der Waals surface area contributed by atoms with Crippen molar-refractivity contribution in [2.24, 2.45) is 0 Å². The SMILES string of the molecule is CN/C=C(\C=N)c1ccc(N)c(C(=N)c2ccnc(N3CCN(CCO)CC3)c2)c1. The maximum Gasteiger partial charge on any atom is 0.129 e. The third kappa shape index (κ3) is 4.84. The molecule has 8 nitrogen and oxygen atoms in total. The summed E-state index contributed by atoms with van der Waals surface area (Å²) in [6.07, 6.45) is 4.74. The van der Waals surface area contributed by atoms with Crippen LogP contribution in [0.3, 0.4) is 0 Å².